The van der Waals surface area contributed by atoms with Crippen LogP contribution in [0, 0.1) is 14.9 Å². The lowest BCUT2D eigenvalue weighted by Gasteiger charge is -2.07. The number of benzene rings is 3. The Bertz CT molecular complexity index is 1110. The number of nitriles is 1. The van der Waals surface area contributed by atoms with Gasteiger partial charge in [0.2, 0.25) is 0 Å². The second-order valence-corrected chi connectivity index (χ2v) is 7.34. The minimum Gasteiger partial charge on any atom is -0.496 e. The van der Waals surface area contributed by atoms with Crippen molar-refractivity contribution < 1.29 is 14.3 Å². The fraction of sp³-hybridized carbons (Fsp3) is 0.0870. The molecule has 3 aromatic rings. The lowest BCUT2D eigenvalue weighted by molar-refractivity contribution is 0.0954. The molecular weight excluding hydrogens is 493 g/mol. The van der Waals surface area contributed by atoms with Gasteiger partial charge in [-0.2, -0.15) is 10.4 Å². The molecule has 150 valence electrons. The molecule has 3 rings (SSSR count). The van der Waals surface area contributed by atoms with Crippen LogP contribution in [0.3, 0.4) is 0 Å². The van der Waals surface area contributed by atoms with Crippen LogP contribution < -0.4 is 14.9 Å². The topological polar surface area (TPSA) is 83.7 Å². The molecule has 30 heavy (non-hydrogen) atoms. The van der Waals surface area contributed by atoms with E-state index in [0.29, 0.717) is 29.2 Å². The Hall–Kier alpha value is -3.38. The molecular formula is C23H18IN3O3. The number of hydrogen-bond acceptors (Lipinski definition) is 5. The van der Waals surface area contributed by atoms with Crippen molar-refractivity contribution >= 4 is 34.7 Å². The highest BCUT2D eigenvalue weighted by molar-refractivity contribution is 14.1. The van der Waals surface area contributed by atoms with Gasteiger partial charge in [-0.3, -0.25) is 4.79 Å². The molecule has 0 aliphatic carbocycles. The van der Waals surface area contributed by atoms with E-state index in [1.807, 2.05) is 48.5 Å². The van der Waals surface area contributed by atoms with Crippen LogP contribution in [0.1, 0.15) is 27.0 Å². The zero-order valence-corrected chi connectivity index (χ0v) is 18.3. The molecule has 0 aromatic heterocycles. The summed E-state index contributed by atoms with van der Waals surface area (Å²) in [6.45, 7) is 0.312. The van der Waals surface area contributed by atoms with Crippen LogP contribution in [-0.4, -0.2) is 19.2 Å². The molecule has 1 amide bonds. The lowest BCUT2D eigenvalue weighted by Crippen LogP contribution is -2.17. The number of hydrazone groups is 1. The van der Waals surface area contributed by atoms with Crippen LogP contribution in [0.25, 0.3) is 0 Å². The van der Waals surface area contributed by atoms with E-state index in [4.69, 9.17) is 14.7 Å². The Morgan fingerprint density at radius 1 is 1.17 bits per heavy atom. The number of rotatable bonds is 7. The predicted molar refractivity (Wildman–Crippen MR) is 123 cm³/mol. The largest absolute Gasteiger partial charge is 0.496 e. The van der Waals surface area contributed by atoms with Gasteiger partial charge < -0.3 is 9.47 Å². The summed E-state index contributed by atoms with van der Waals surface area (Å²) in [5, 5.41) is 13.1. The average Bonchev–Trinajstić information content (AvgIpc) is 2.79. The molecule has 7 heteroatoms. The van der Waals surface area contributed by atoms with Crippen LogP contribution in [0.4, 0.5) is 0 Å². The fourth-order valence-corrected chi connectivity index (χ4v) is 3.15. The maximum Gasteiger partial charge on any atom is 0.271 e. The first-order chi connectivity index (χ1) is 14.6. The molecule has 3 aromatic carbocycles. The minimum atomic E-state index is -0.322. The number of methoxy groups -OCH3 is 1. The fourth-order valence-electron chi connectivity index (χ4n) is 2.60. The first kappa shape index (κ1) is 21.3. The van der Waals surface area contributed by atoms with Crippen molar-refractivity contribution in [1.82, 2.24) is 5.43 Å². The Kier molecular flexibility index (Phi) is 7.40. The van der Waals surface area contributed by atoms with Gasteiger partial charge in [0, 0.05) is 11.1 Å². The summed E-state index contributed by atoms with van der Waals surface area (Å²) in [6, 6.07) is 21.9. The van der Waals surface area contributed by atoms with Crippen LogP contribution in [0.2, 0.25) is 0 Å². The van der Waals surface area contributed by atoms with Crippen molar-refractivity contribution in [2.24, 2.45) is 5.10 Å². The van der Waals surface area contributed by atoms with Crippen molar-refractivity contribution in [2.75, 3.05) is 7.11 Å². The summed E-state index contributed by atoms with van der Waals surface area (Å²) in [7, 11) is 1.56. The molecule has 0 atom stereocenters. The molecule has 6 nitrogen and oxygen atoms in total. The molecule has 0 radical (unpaired) electrons. The smallest absolute Gasteiger partial charge is 0.271 e. The molecule has 0 aliphatic rings. The molecule has 0 bridgehead atoms. The predicted octanol–water partition coefficient (Wildman–Crippen LogP) is 4.51. The minimum absolute atomic E-state index is 0.312. The highest BCUT2D eigenvalue weighted by Crippen LogP contribution is 2.21. The van der Waals surface area contributed by atoms with Crippen molar-refractivity contribution in [1.29, 1.82) is 5.26 Å². The highest BCUT2D eigenvalue weighted by Gasteiger charge is 2.08. The summed E-state index contributed by atoms with van der Waals surface area (Å²) in [4.78, 5) is 12.2. The van der Waals surface area contributed by atoms with Crippen molar-refractivity contribution in [3.8, 4) is 17.6 Å². The summed E-state index contributed by atoms with van der Waals surface area (Å²) in [5.41, 5.74) is 5.21. The third-order valence-electron chi connectivity index (χ3n) is 4.21. The van der Waals surface area contributed by atoms with E-state index in [1.165, 1.54) is 0 Å². The molecule has 0 heterocycles. The van der Waals surface area contributed by atoms with Gasteiger partial charge in [-0.25, -0.2) is 5.43 Å². The quantitative estimate of drug-likeness (QED) is 0.288. The number of carbonyl (C=O) groups is 1. The summed E-state index contributed by atoms with van der Waals surface area (Å²) in [5.74, 6) is 0.993. The Morgan fingerprint density at radius 3 is 2.67 bits per heavy atom. The van der Waals surface area contributed by atoms with E-state index in [1.54, 1.807) is 31.5 Å². The van der Waals surface area contributed by atoms with Crippen molar-refractivity contribution in [3.63, 3.8) is 0 Å². The van der Waals surface area contributed by atoms with E-state index in [9.17, 15) is 4.79 Å². The zero-order chi connectivity index (χ0) is 21.3. The van der Waals surface area contributed by atoms with E-state index >= 15 is 0 Å². The van der Waals surface area contributed by atoms with Gasteiger partial charge in [0.05, 0.1) is 28.5 Å². The van der Waals surface area contributed by atoms with Gasteiger partial charge in [0.1, 0.15) is 18.1 Å². The number of halogens is 1. The molecule has 0 saturated heterocycles. The molecule has 0 unspecified atom stereocenters. The standard InChI is InChI=1S/C23H18IN3O3/c1-29-22-12-17(8-11-21(22)24)23(28)27-26-14-16-6-9-20(10-7-16)30-15-19-5-3-2-4-18(19)13-25/h2-12,14H,15H2,1H3,(H,27,28)/b26-14-. The van der Waals surface area contributed by atoms with Gasteiger partial charge in [0.25, 0.3) is 5.91 Å². The highest BCUT2D eigenvalue weighted by atomic mass is 127. The van der Waals surface area contributed by atoms with Gasteiger partial charge in [0.15, 0.2) is 0 Å². The van der Waals surface area contributed by atoms with Crippen LogP contribution >= 0.6 is 22.6 Å². The number of nitrogens with zero attached hydrogens (tertiary/aromatic N) is 2. The van der Waals surface area contributed by atoms with E-state index in [0.717, 1.165) is 14.7 Å². The monoisotopic (exact) mass is 511 g/mol. The number of nitrogens with one attached hydrogen (secondary N) is 1. The third kappa shape index (κ3) is 5.58. The Morgan fingerprint density at radius 2 is 1.93 bits per heavy atom. The average molecular weight is 511 g/mol. The van der Waals surface area contributed by atoms with Crippen LogP contribution in [-0.2, 0) is 6.61 Å². The first-order valence-electron chi connectivity index (χ1n) is 8.98. The van der Waals surface area contributed by atoms with E-state index < -0.39 is 0 Å². The van der Waals surface area contributed by atoms with E-state index in [-0.39, 0.29) is 5.91 Å². The Balaban J connectivity index is 1.55. The van der Waals surface area contributed by atoms with Crippen LogP contribution in [0.5, 0.6) is 11.5 Å². The molecule has 0 aliphatic heterocycles. The second-order valence-electron chi connectivity index (χ2n) is 6.18. The maximum atomic E-state index is 12.2. The summed E-state index contributed by atoms with van der Waals surface area (Å²) < 4.78 is 11.9. The van der Waals surface area contributed by atoms with Gasteiger partial charge in [-0.15, -0.1) is 0 Å². The van der Waals surface area contributed by atoms with Crippen molar-refractivity contribution in [3.05, 3.63) is 92.6 Å². The van der Waals surface area contributed by atoms with Gasteiger partial charge >= 0.3 is 0 Å². The van der Waals surface area contributed by atoms with Gasteiger partial charge in [-0.05, 0) is 76.7 Å². The second kappa shape index (κ2) is 10.4. The molecule has 0 fully saturated rings. The lowest BCUT2D eigenvalue weighted by atomic mass is 10.1. The maximum absolute atomic E-state index is 12.2. The zero-order valence-electron chi connectivity index (χ0n) is 16.1. The number of carbonyl (C=O) groups excluding carboxylic acids is 1. The number of ether oxygens (including phenoxy) is 2. The first-order valence-corrected chi connectivity index (χ1v) is 10.1. The van der Waals surface area contributed by atoms with Crippen molar-refractivity contribution in [2.45, 2.75) is 6.61 Å². The number of amides is 1. The third-order valence-corrected chi connectivity index (χ3v) is 5.10. The van der Waals surface area contributed by atoms with Crippen LogP contribution in [0.15, 0.2) is 71.8 Å². The SMILES string of the molecule is COc1cc(C(=O)N/N=C\c2ccc(OCc3ccccc3C#N)cc2)ccc1I. The van der Waals surface area contributed by atoms with Gasteiger partial charge in [-0.1, -0.05) is 18.2 Å². The molecule has 0 spiro atoms. The molecule has 0 saturated carbocycles. The normalized spacial score (nSPS) is 10.4. The number of hydrogen-bond donors (Lipinski definition) is 1. The summed E-state index contributed by atoms with van der Waals surface area (Å²) >= 11 is 2.14. The Labute approximate surface area is 188 Å². The van der Waals surface area contributed by atoms with E-state index in [2.05, 4.69) is 39.2 Å². The summed E-state index contributed by atoms with van der Waals surface area (Å²) in [6.07, 6.45) is 1.55. The molecule has 1 N–H and O–H groups in total.